The van der Waals surface area contributed by atoms with Gasteiger partial charge >= 0.3 is 0 Å². The standard InChI is InChI=1S/C14H22BrN3S/c1-3-8-18(4-2)9-7-17-13-10-11(15)5-6-12(13)14(16)19/h5-6,10,17H,3-4,7-9H2,1-2H3,(H2,16,19). The highest BCUT2D eigenvalue weighted by atomic mass is 79.9. The first-order valence-corrected chi connectivity index (χ1v) is 7.84. The summed E-state index contributed by atoms with van der Waals surface area (Å²) in [6.07, 6.45) is 1.18. The second-order valence-corrected chi connectivity index (χ2v) is 5.77. The number of halogens is 1. The average Bonchev–Trinajstić information content (AvgIpc) is 2.37. The second-order valence-electron chi connectivity index (χ2n) is 4.42. The fourth-order valence-electron chi connectivity index (χ4n) is 1.97. The predicted octanol–water partition coefficient (Wildman–Crippen LogP) is 3.23. The number of rotatable bonds is 8. The van der Waals surface area contributed by atoms with E-state index in [0.29, 0.717) is 4.99 Å². The number of hydrogen-bond donors (Lipinski definition) is 2. The van der Waals surface area contributed by atoms with Crippen LogP contribution in [0.15, 0.2) is 22.7 Å². The quantitative estimate of drug-likeness (QED) is 0.711. The Bertz CT molecular complexity index is 423. The molecule has 0 unspecified atom stereocenters. The Morgan fingerprint density at radius 1 is 1.37 bits per heavy atom. The number of nitrogens with one attached hydrogen (secondary N) is 1. The Balaban J connectivity index is 2.61. The van der Waals surface area contributed by atoms with Crippen LogP contribution in [-0.4, -0.2) is 36.1 Å². The van der Waals surface area contributed by atoms with Crippen LogP contribution in [0.5, 0.6) is 0 Å². The molecule has 0 bridgehead atoms. The minimum atomic E-state index is 0.427. The van der Waals surface area contributed by atoms with Crippen LogP contribution in [0.25, 0.3) is 0 Å². The first kappa shape index (κ1) is 16.4. The van der Waals surface area contributed by atoms with Crippen LogP contribution >= 0.6 is 28.1 Å². The van der Waals surface area contributed by atoms with E-state index < -0.39 is 0 Å². The zero-order valence-electron chi connectivity index (χ0n) is 11.6. The highest BCUT2D eigenvalue weighted by Gasteiger charge is 2.06. The van der Waals surface area contributed by atoms with E-state index in [1.807, 2.05) is 18.2 Å². The summed E-state index contributed by atoms with van der Waals surface area (Å²) in [5.41, 5.74) is 7.63. The van der Waals surface area contributed by atoms with Gasteiger partial charge in [-0.2, -0.15) is 0 Å². The Hall–Kier alpha value is -0.650. The van der Waals surface area contributed by atoms with Crippen molar-refractivity contribution in [3.63, 3.8) is 0 Å². The Kier molecular flexibility index (Phi) is 7.34. The molecule has 0 amide bonds. The van der Waals surface area contributed by atoms with E-state index in [1.165, 1.54) is 6.42 Å². The minimum absolute atomic E-state index is 0.427. The van der Waals surface area contributed by atoms with Gasteiger partial charge in [0.05, 0.1) is 0 Å². The molecule has 0 heterocycles. The molecule has 0 aliphatic rings. The third kappa shape index (κ3) is 5.47. The summed E-state index contributed by atoms with van der Waals surface area (Å²) in [5, 5.41) is 3.42. The van der Waals surface area contributed by atoms with E-state index >= 15 is 0 Å². The van der Waals surface area contributed by atoms with Crippen molar-refractivity contribution >= 4 is 38.8 Å². The first-order valence-electron chi connectivity index (χ1n) is 6.64. The molecule has 0 aliphatic carbocycles. The molecule has 3 N–H and O–H groups in total. The molecule has 0 aliphatic heterocycles. The molecule has 0 saturated heterocycles. The van der Waals surface area contributed by atoms with E-state index in [-0.39, 0.29) is 0 Å². The van der Waals surface area contributed by atoms with Gasteiger partial charge in [0.15, 0.2) is 0 Å². The third-order valence-electron chi connectivity index (χ3n) is 2.98. The number of anilines is 1. The SMILES string of the molecule is CCCN(CC)CCNc1cc(Br)ccc1C(N)=S. The fraction of sp³-hybridized carbons (Fsp3) is 0.500. The summed E-state index contributed by atoms with van der Waals surface area (Å²) in [6, 6.07) is 5.91. The van der Waals surface area contributed by atoms with Crippen molar-refractivity contribution < 1.29 is 0 Å². The molecular weight excluding hydrogens is 322 g/mol. The van der Waals surface area contributed by atoms with E-state index in [9.17, 15) is 0 Å². The van der Waals surface area contributed by atoms with Crippen molar-refractivity contribution in [2.45, 2.75) is 20.3 Å². The number of thiocarbonyl (C=S) groups is 1. The first-order chi connectivity index (χ1) is 9.08. The van der Waals surface area contributed by atoms with Crippen LogP contribution in [0.1, 0.15) is 25.8 Å². The summed E-state index contributed by atoms with van der Waals surface area (Å²) < 4.78 is 1.02. The van der Waals surface area contributed by atoms with Crippen molar-refractivity contribution in [2.24, 2.45) is 5.73 Å². The van der Waals surface area contributed by atoms with Crippen molar-refractivity contribution in [3.8, 4) is 0 Å². The molecule has 0 atom stereocenters. The van der Waals surface area contributed by atoms with Crippen molar-refractivity contribution in [1.82, 2.24) is 4.90 Å². The second kappa shape index (κ2) is 8.51. The van der Waals surface area contributed by atoms with Crippen molar-refractivity contribution in [2.75, 3.05) is 31.5 Å². The highest BCUT2D eigenvalue weighted by molar-refractivity contribution is 9.10. The van der Waals surface area contributed by atoms with Gasteiger partial charge in [0.25, 0.3) is 0 Å². The zero-order chi connectivity index (χ0) is 14.3. The number of hydrogen-bond acceptors (Lipinski definition) is 3. The van der Waals surface area contributed by atoms with Gasteiger partial charge in [0.2, 0.25) is 0 Å². The average molecular weight is 344 g/mol. The van der Waals surface area contributed by atoms with Crippen LogP contribution < -0.4 is 11.1 Å². The maximum atomic E-state index is 5.74. The van der Waals surface area contributed by atoms with Gasteiger partial charge in [-0.05, 0) is 37.7 Å². The molecule has 1 aromatic rings. The Morgan fingerprint density at radius 2 is 2.11 bits per heavy atom. The summed E-state index contributed by atoms with van der Waals surface area (Å²) in [6.45, 7) is 8.52. The van der Waals surface area contributed by atoms with Crippen molar-refractivity contribution in [3.05, 3.63) is 28.2 Å². The summed E-state index contributed by atoms with van der Waals surface area (Å²) in [7, 11) is 0. The number of nitrogens with zero attached hydrogens (tertiary/aromatic N) is 1. The van der Waals surface area contributed by atoms with Crippen LogP contribution in [0, 0.1) is 0 Å². The maximum Gasteiger partial charge on any atom is 0.106 e. The van der Waals surface area contributed by atoms with Gasteiger partial charge < -0.3 is 16.0 Å². The smallest absolute Gasteiger partial charge is 0.106 e. The van der Waals surface area contributed by atoms with Crippen LogP contribution in [0.3, 0.4) is 0 Å². The van der Waals surface area contributed by atoms with E-state index in [1.54, 1.807) is 0 Å². The molecular formula is C14H22BrN3S. The largest absolute Gasteiger partial charge is 0.389 e. The van der Waals surface area contributed by atoms with E-state index in [0.717, 1.165) is 41.9 Å². The summed E-state index contributed by atoms with van der Waals surface area (Å²) in [5.74, 6) is 0. The molecule has 0 aromatic heterocycles. The lowest BCUT2D eigenvalue weighted by atomic mass is 10.2. The molecule has 0 fully saturated rings. The van der Waals surface area contributed by atoms with Gasteiger partial charge in [0.1, 0.15) is 4.99 Å². The molecule has 3 nitrogen and oxygen atoms in total. The Labute approximate surface area is 129 Å². The zero-order valence-corrected chi connectivity index (χ0v) is 14.0. The minimum Gasteiger partial charge on any atom is -0.389 e. The van der Waals surface area contributed by atoms with Crippen molar-refractivity contribution in [1.29, 1.82) is 0 Å². The predicted molar refractivity (Wildman–Crippen MR) is 90.9 cm³/mol. The molecule has 0 radical (unpaired) electrons. The lowest BCUT2D eigenvalue weighted by Gasteiger charge is -2.20. The Morgan fingerprint density at radius 3 is 2.68 bits per heavy atom. The molecule has 19 heavy (non-hydrogen) atoms. The number of nitrogens with two attached hydrogens (primary N) is 1. The molecule has 5 heteroatoms. The van der Waals surface area contributed by atoms with E-state index in [4.69, 9.17) is 18.0 Å². The van der Waals surface area contributed by atoms with Gasteiger partial charge in [-0.25, -0.2) is 0 Å². The lowest BCUT2D eigenvalue weighted by Crippen LogP contribution is -2.30. The van der Waals surface area contributed by atoms with Gasteiger partial charge in [0, 0.05) is 28.8 Å². The normalized spacial score (nSPS) is 10.7. The molecule has 0 spiro atoms. The van der Waals surface area contributed by atoms with Crippen LogP contribution in [-0.2, 0) is 0 Å². The highest BCUT2D eigenvalue weighted by Crippen LogP contribution is 2.21. The summed E-state index contributed by atoms with van der Waals surface area (Å²) >= 11 is 8.54. The molecule has 0 saturated carbocycles. The molecule has 1 rings (SSSR count). The monoisotopic (exact) mass is 343 g/mol. The fourth-order valence-corrected chi connectivity index (χ4v) is 2.51. The number of likely N-dealkylation sites (N-methyl/N-ethyl adjacent to an activating group) is 1. The maximum absolute atomic E-state index is 5.74. The summed E-state index contributed by atoms with van der Waals surface area (Å²) in [4.78, 5) is 2.85. The molecule has 1 aromatic carbocycles. The molecule has 106 valence electrons. The van der Waals surface area contributed by atoms with Gasteiger partial charge in [-0.1, -0.05) is 42.0 Å². The number of benzene rings is 1. The van der Waals surface area contributed by atoms with Gasteiger partial charge in [-0.15, -0.1) is 0 Å². The van der Waals surface area contributed by atoms with Gasteiger partial charge in [-0.3, -0.25) is 0 Å². The van der Waals surface area contributed by atoms with E-state index in [2.05, 4.69) is 40.0 Å². The van der Waals surface area contributed by atoms with Crippen LogP contribution in [0.4, 0.5) is 5.69 Å². The lowest BCUT2D eigenvalue weighted by molar-refractivity contribution is 0.300. The topological polar surface area (TPSA) is 41.3 Å². The van der Waals surface area contributed by atoms with Crippen LogP contribution in [0.2, 0.25) is 0 Å². The third-order valence-corrected chi connectivity index (χ3v) is 3.69.